The maximum atomic E-state index is 12.6. The molecule has 78 valence electrons. The van der Waals surface area contributed by atoms with Crippen LogP contribution in [0, 0.1) is 0 Å². The van der Waals surface area contributed by atoms with E-state index in [-0.39, 0.29) is 18.1 Å². The summed E-state index contributed by atoms with van der Waals surface area (Å²) in [6.45, 7) is 0.0795. The maximum absolute atomic E-state index is 12.6. The van der Waals surface area contributed by atoms with E-state index in [0.717, 1.165) is 0 Å². The van der Waals surface area contributed by atoms with Gasteiger partial charge in [0.15, 0.2) is 0 Å². The van der Waals surface area contributed by atoms with E-state index in [4.69, 9.17) is 16.2 Å². The Morgan fingerprint density at radius 1 is 1.57 bits per heavy atom. The van der Waals surface area contributed by atoms with E-state index in [1.807, 2.05) is 0 Å². The topological polar surface area (TPSA) is 74.2 Å². The second-order valence-electron chi connectivity index (χ2n) is 2.62. The van der Waals surface area contributed by atoms with Crippen molar-refractivity contribution in [3.63, 3.8) is 0 Å². The van der Waals surface area contributed by atoms with Crippen molar-refractivity contribution in [3.8, 4) is 5.75 Å². The zero-order valence-electron chi connectivity index (χ0n) is 7.63. The van der Waals surface area contributed by atoms with E-state index in [0.29, 0.717) is 5.56 Å². The molecule has 4 N–H and O–H groups in total. The van der Waals surface area contributed by atoms with Gasteiger partial charge in [0.25, 0.3) is 6.43 Å². The van der Waals surface area contributed by atoms with Crippen molar-refractivity contribution in [2.75, 3.05) is 12.8 Å². The molecule has 1 aromatic rings. The smallest absolute Gasteiger partial charge is 0.270 e. The highest BCUT2D eigenvalue weighted by Gasteiger charge is 2.21. The largest absolute Gasteiger partial charge is 0.496 e. The van der Waals surface area contributed by atoms with Crippen LogP contribution in [0.15, 0.2) is 6.20 Å². The monoisotopic (exact) mass is 203 g/mol. The summed E-state index contributed by atoms with van der Waals surface area (Å²) >= 11 is 0. The second-order valence-corrected chi connectivity index (χ2v) is 2.62. The Labute approximate surface area is 79.9 Å². The summed E-state index contributed by atoms with van der Waals surface area (Å²) in [6, 6.07) is 0. The van der Waals surface area contributed by atoms with Crippen LogP contribution in [-0.2, 0) is 6.54 Å². The van der Waals surface area contributed by atoms with Crippen molar-refractivity contribution in [2.45, 2.75) is 13.0 Å². The molecule has 0 aliphatic rings. The molecule has 1 heterocycles. The van der Waals surface area contributed by atoms with Gasteiger partial charge in [-0.3, -0.25) is 0 Å². The predicted octanol–water partition coefficient (Wildman–Crippen LogP) is 1.07. The van der Waals surface area contributed by atoms with Gasteiger partial charge >= 0.3 is 0 Å². The molecular formula is C8H11F2N3O. The Morgan fingerprint density at radius 2 is 2.21 bits per heavy atom. The standard InChI is InChI=1S/C8H11F2N3O/c1-14-6-4(2-11)3-13-8(12)5(6)7(9)10/h3,7H,2,11H2,1H3,(H2,12,13). The maximum Gasteiger partial charge on any atom is 0.270 e. The number of pyridine rings is 1. The molecule has 1 aromatic heterocycles. The van der Waals surface area contributed by atoms with Gasteiger partial charge in [-0.2, -0.15) is 0 Å². The van der Waals surface area contributed by atoms with Crippen molar-refractivity contribution in [1.29, 1.82) is 0 Å². The van der Waals surface area contributed by atoms with Gasteiger partial charge in [-0.1, -0.05) is 0 Å². The van der Waals surface area contributed by atoms with E-state index in [1.54, 1.807) is 0 Å². The highest BCUT2D eigenvalue weighted by molar-refractivity contribution is 5.53. The number of alkyl halides is 2. The lowest BCUT2D eigenvalue weighted by atomic mass is 10.1. The first-order valence-corrected chi connectivity index (χ1v) is 3.91. The number of halogens is 2. The lowest BCUT2D eigenvalue weighted by molar-refractivity contribution is 0.147. The molecule has 0 saturated heterocycles. The van der Waals surface area contributed by atoms with Crippen LogP contribution in [0.1, 0.15) is 17.6 Å². The van der Waals surface area contributed by atoms with Gasteiger partial charge in [0, 0.05) is 18.3 Å². The average Bonchev–Trinajstić information content (AvgIpc) is 2.16. The predicted molar refractivity (Wildman–Crippen MR) is 48.0 cm³/mol. The molecule has 1 rings (SSSR count). The Balaban J connectivity index is 3.35. The number of rotatable bonds is 3. The van der Waals surface area contributed by atoms with Crippen LogP contribution in [0.4, 0.5) is 14.6 Å². The molecular weight excluding hydrogens is 192 g/mol. The van der Waals surface area contributed by atoms with Crippen LogP contribution in [0.5, 0.6) is 5.75 Å². The third kappa shape index (κ3) is 1.74. The summed E-state index contributed by atoms with van der Waals surface area (Å²) in [7, 11) is 1.29. The zero-order valence-corrected chi connectivity index (χ0v) is 7.63. The summed E-state index contributed by atoms with van der Waals surface area (Å²) < 4.78 is 29.9. The third-order valence-electron chi connectivity index (χ3n) is 1.81. The van der Waals surface area contributed by atoms with Crippen molar-refractivity contribution >= 4 is 5.82 Å². The molecule has 0 radical (unpaired) electrons. The Kier molecular flexibility index (Phi) is 3.19. The summed E-state index contributed by atoms with van der Waals surface area (Å²) in [5.41, 5.74) is 10.7. The first kappa shape index (κ1) is 10.6. The van der Waals surface area contributed by atoms with E-state index < -0.39 is 12.0 Å². The number of anilines is 1. The van der Waals surface area contributed by atoms with Gasteiger partial charge in [-0.25, -0.2) is 13.8 Å². The lowest BCUT2D eigenvalue weighted by Gasteiger charge is -2.13. The lowest BCUT2D eigenvalue weighted by Crippen LogP contribution is -2.07. The number of ether oxygens (including phenoxy) is 1. The molecule has 0 aliphatic carbocycles. The van der Waals surface area contributed by atoms with Crippen molar-refractivity contribution in [3.05, 3.63) is 17.3 Å². The van der Waals surface area contributed by atoms with Gasteiger partial charge in [-0.15, -0.1) is 0 Å². The molecule has 0 aliphatic heterocycles. The second kappa shape index (κ2) is 4.19. The van der Waals surface area contributed by atoms with Gasteiger partial charge in [0.1, 0.15) is 17.1 Å². The zero-order chi connectivity index (χ0) is 10.7. The van der Waals surface area contributed by atoms with E-state index in [9.17, 15) is 8.78 Å². The molecule has 4 nitrogen and oxygen atoms in total. The number of hydrogen-bond acceptors (Lipinski definition) is 4. The van der Waals surface area contributed by atoms with E-state index >= 15 is 0 Å². The van der Waals surface area contributed by atoms with Gasteiger partial charge in [-0.05, 0) is 0 Å². The molecule has 0 amide bonds. The molecule has 0 aromatic carbocycles. The van der Waals surface area contributed by atoms with Crippen molar-refractivity contribution in [2.24, 2.45) is 5.73 Å². The quantitative estimate of drug-likeness (QED) is 0.770. The van der Waals surface area contributed by atoms with Gasteiger partial charge < -0.3 is 16.2 Å². The van der Waals surface area contributed by atoms with Gasteiger partial charge in [0.2, 0.25) is 0 Å². The Morgan fingerprint density at radius 3 is 2.64 bits per heavy atom. The highest BCUT2D eigenvalue weighted by atomic mass is 19.3. The first-order chi connectivity index (χ1) is 6.61. The molecule has 0 fully saturated rings. The van der Waals surface area contributed by atoms with Crippen molar-refractivity contribution < 1.29 is 13.5 Å². The number of nitrogens with zero attached hydrogens (tertiary/aromatic N) is 1. The number of nitrogen functional groups attached to an aromatic ring is 1. The van der Waals surface area contributed by atoms with Crippen LogP contribution in [0.2, 0.25) is 0 Å². The average molecular weight is 203 g/mol. The Hall–Kier alpha value is -1.43. The molecule has 0 bridgehead atoms. The molecule has 0 atom stereocenters. The fraction of sp³-hybridized carbons (Fsp3) is 0.375. The van der Waals surface area contributed by atoms with E-state index in [2.05, 4.69) is 4.98 Å². The number of aromatic nitrogens is 1. The summed E-state index contributed by atoms with van der Waals surface area (Å²) in [4.78, 5) is 3.62. The number of methoxy groups -OCH3 is 1. The fourth-order valence-corrected chi connectivity index (χ4v) is 1.16. The third-order valence-corrected chi connectivity index (χ3v) is 1.81. The molecule has 14 heavy (non-hydrogen) atoms. The number of nitrogens with two attached hydrogens (primary N) is 2. The van der Waals surface area contributed by atoms with Crippen LogP contribution >= 0.6 is 0 Å². The van der Waals surface area contributed by atoms with Crippen LogP contribution in [0.3, 0.4) is 0 Å². The summed E-state index contributed by atoms with van der Waals surface area (Å²) in [6.07, 6.45) is -1.39. The summed E-state index contributed by atoms with van der Waals surface area (Å²) in [5, 5.41) is 0. The van der Waals surface area contributed by atoms with Crippen LogP contribution in [-0.4, -0.2) is 12.1 Å². The summed E-state index contributed by atoms with van der Waals surface area (Å²) in [5.74, 6) is -0.205. The minimum absolute atomic E-state index is 0.0231. The first-order valence-electron chi connectivity index (χ1n) is 3.91. The van der Waals surface area contributed by atoms with Gasteiger partial charge in [0.05, 0.1) is 7.11 Å². The normalized spacial score (nSPS) is 10.6. The molecule has 0 unspecified atom stereocenters. The molecule has 0 saturated carbocycles. The molecule has 0 spiro atoms. The van der Waals surface area contributed by atoms with Crippen LogP contribution < -0.4 is 16.2 Å². The molecule has 6 heteroatoms. The highest BCUT2D eigenvalue weighted by Crippen LogP contribution is 2.34. The minimum Gasteiger partial charge on any atom is -0.496 e. The number of hydrogen-bond donors (Lipinski definition) is 2. The fourth-order valence-electron chi connectivity index (χ4n) is 1.16. The van der Waals surface area contributed by atoms with E-state index in [1.165, 1.54) is 13.3 Å². The Bertz CT molecular complexity index is 331. The van der Waals surface area contributed by atoms with Crippen LogP contribution in [0.25, 0.3) is 0 Å². The minimum atomic E-state index is -2.72. The SMILES string of the molecule is COc1c(CN)cnc(N)c1C(F)F. The van der Waals surface area contributed by atoms with Crippen molar-refractivity contribution in [1.82, 2.24) is 4.98 Å².